The van der Waals surface area contributed by atoms with E-state index in [1.54, 1.807) is 55.5 Å². The van der Waals surface area contributed by atoms with E-state index in [1.807, 2.05) is 6.07 Å². The molecule has 9 heteroatoms. The Morgan fingerprint density at radius 1 is 1.14 bits per heavy atom. The van der Waals surface area contributed by atoms with E-state index in [0.29, 0.717) is 33.1 Å². The molecule has 0 saturated carbocycles. The first-order valence-electron chi connectivity index (χ1n) is 11.7. The molecule has 3 saturated heterocycles. The Kier molecular flexibility index (Phi) is 5.09. The van der Waals surface area contributed by atoms with Crippen molar-refractivity contribution in [3.8, 4) is 11.9 Å². The molecule has 5 atom stereocenters. The number of nitriles is 1. The molecule has 3 fully saturated rings. The van der Waals surface area contributed by atoms with Crippen LogP contribution >= 0.6 is 11.6 Å². The van der Waals surface area contributed by atoms with Crippen molar-refractivity contribution in [2.24, 2.45) is 11.8 Å². The standard InChI is InChI=1S/C27H22ClN3O5/c1-26-19(32)13-27(36-26,11-12-35-21-8-4-7-20(28)30-21)23-22(26)24(33)31(25(23)34)18-10-9-15(14-29)16-5-2-3-6-17(16)18/h2-10,19,22-23,32H,11-13H2,1H3/t19-,22-,23+,26-,27+/m0/s1. The Bertz CT molecular complexity index is 1470. The van der Waals surface area contributed by atoms with Crippen molar-refractivity contribution < 1.29 is 24.2 Å². The molecule has 3 aromatic rings. The second kappa shape index (κ2) is 8.00. The number of halogens is 1. The molecule has 1 aromatic heterocycles. The van der Waals surface area contributed by atoms with Crippen LogP contribution < -0.4 is 9.64 Å². The molecule has 0 aliphatic carbocycles. The molecule has 2 aromatic carbocycles. The average Bonchev–Trinajstić information content (AvgIpc) is 3.39. The van der Waals surface area contributed by atoms with Gasteiger partial charge in [0.05, 0.1) is 47.5 Å². The van der Waals surface area contributed by atoms with Gasteiger partial charge in [0.2, 0.25) is 17.7 Å². The zero-order valence-electron chi connectivity index (χ0n) is 19.3. The largest absolute Gasteiger partial charge is 0.478 e. The first kappa shape index (κ1) is 22.9. The molecule has 182 valence electrons. The quantitative estimate of drug-likeness (QED) is 0.418. The minimum absolute atomic E-state index is 0.167. The Balaban J connectivity index is 1.36. The predicted molar refractivity (Wildman–Crippen MR) is 130 cm³/mol. The van der Waals surface area contributed by atoms with Crippen LogP contribution in [0.4, 0.5) is 5.69 Å². The molecule has 0 radical (unpaired) electrons. The van der Waals surface area contributed by atoms with Gasteiger partial charge in [-0.3, -0.25) is 9.59 Å². The number of rotatable bonds is 5. The normalized spacial score (nSPS) is 30.6. The number of hydrogen-bond acceptors (Lipinski definition) is 7. The van der Waals surface area contributed by atoms with Gasteiger partial charge < -0.3 is 14.6 Å². The molecule has 3 aliphatic heterocycles. The number of imide groups is 1. The summed E-state index contributed by atoms with van der Waals surface area (Å²) in [6.45, 7) is 1.87. The van der Waals surface area contributed by atoms with Gasteiger partial charge in [0, 0.05) is 29.7 Å². The summed E-state index contributed by atoms with van der Waals surface area (Å²) >= 11 is 5.94. The van der Waals surface area contributed by atoms with Crippen molar-refractivity contribution in [2.45, 2.75) is 37.1 Å². The summed E-state index contributed by atoms with van der Waals surface area (Å²) in [6, 6.07) is 17.7. The fourth-order valence-corrected chi connectivity index (χ4v) is 6.39. The van der Waals surface area contributed by atoms with E-state index in [9.17, 15) is 20.0 Å². The third-order valence-corrected chi connectivity index (χ3v) is 8.05. The first-order chi connectivity index (χ1) is 17.3. The minimum Gasteiger partial charge on any atom is -0.478 e. The van der Waals surface area contributed by atoms with Gasteiger partial charge in [0.15, 0.2) is 0 Å². The third kappa shape index (κ3) is 3.10. The smallest absolute Gasteiger partial charge is 0.240 e. The number of carbonyl (C=O) groups excluding carboxylic acids is 2. The summed E-state index contributed by atoms with van der Waals surface area (Å²) in [4.78, 5) is 33.1. The van der Waals surface area contributed by atoms with E-state index in [2.05, 4.69) is 11.1 Å². The van der Waals surface area contributed by atoms with Crippen molar-refractivity contribution in [3.05, 3.63) is 65.3 Å². The van der Waals surface area contributed by atoms with Gasteiger partial charge in [-0.25, -0.2) is 9.88 Å². The van der Waals surface area contributed by atoms with Crippen molar-refractivity contribution in [1.29, 1.82) is 5.26 Å². The molecule has 0 unspecified atom stereocenters. The second-order valence-electron chi connectivity index (χ2n) is 9.72. The summed E-state index contributed by atoms with van der Waals surface area (Å²) in [7, 11) is 0. The topological polar surface area (TPSA) is 113 Å². The van der Waals surface area contributed by atoms with Crippen LogP contribution in [0.15, 0.2) is 54.6 Å². The number of aromatic nitrogens is 1. The lowest BCUT2D eigenvalue weighted by molar-refractivity contribution is -0.134. The summed E-state index contributed by atoms with van der Waals surface area (Å²) in [6.07, 6.45) is -0.397. The maximum Gasteiger partial charge on any atom is 0.240 e. The Morgan fingerprint density at radius 3 is 2.64 bits per heavy atom. The highest BCUT2D eigenvalue weighted by atomic mass is 35.5. The summed E-state index contributed by atoms with van der Waals surface area (Å²) < 4.78 is 12.1. The monoisotopic (exact) mass is 503 g/mol. The second-order valence-corrected chi connectivity index (χ2v) is 10.1. The maximum absolute atomic E-state index is 13.9. The SMILES string of the molecule is C[C@]12O[C@](CCOc3cccc(Cl)n3)(C[C@@H]1O)[C@H]1C(=O)N(c3ccc(C#N)c4ccccc34)C(=O)[C@H]12. The maximum atomic E-state index is 13.9. The molecular formula is C27H22ClN3O5. The fourth-order valence-electron chi connectivity index (χ4n) is 6.24. The number of aliphatic hydroxyl groups excluding tert-OH is 1. The van der Waals surface area contributed by atoms with Crippen LogP contribution in [0.3, 0.4) is 0 Å². The first-order valence-corrected chi connectivity index (χ1v) is 12.1. The molecule has 0 spiro atoms. The predicted octanol–water partition coefficient (Wildman–Crippen LogP) is 3.63. The van der Waals surface area contributed by atoms with E-state index in [4.69, 9.17) is 21.1 Å². The van der Waals surface area contributed by atoms with Gasteiger partial charge >= 0.3 is 0 Å². The number of hydrogen-bond donors (Lipinski definition) is 1. The van der Waals surface area contributed by atoms with Crippen LogP contribution in [0.1, 0.15) is 25.3 Å². The molecule has 1 N–H and O–H groups in total. The summed E-state index contributed by atoms with van der Waals surface area (Å²) in [5.74, 6) is -2.01. The van der Waals surface area contributed by atoms with Crippen LogP contribution in [-0.4, -0.2) is 45.8 Å². The number of aliphatic hydroxyl groups is 1. The zero-order valence-corrected chi connectivity index (χ0v) is 20.1. The van der Waals surface area contributed by atoms with Gasteiger partial charge in [-0.05, 0) is 25.1 Å². The number of pyridine rings is 1. The highest BCUT2D eigenvalue weighted by molar-refractivity contribution is 6.29. The van der Waals surface area contributed by atoms with Crippen LogP contribution in [-0.2, 0) is 14.3 Å². The average molecular weight is 504 g/mol. The summed E-state index contributed by atoms with van der Waals surface area (Å²) in [5.41, 5.74) is -1.35. The van der Waals surface area contributed by atoms with Crippen molar-refractivity contribution >= 4 is 39.9 Å². The van der Waals surface area contributed by atoms with E-state index in [0.717, 1.165) is 0 Å². The number of ether oxygens (including phenoxy) is 2. The van der Waals surface area contributed by atoms with Gasteiger partial charge in [-0.15, -0.1) is 0 Å². The highest BCUT2D eigenvalue weighted by Crippen LogP contribution is 2.62. The Morgan fingerprint density at radius 2 is 1.89 bits per heavy atom. The molecule has 4 heterocycles. The Hall–Kier alpha value is -3.51. The molecule has 3 aliphatic rings. The van der Waals surface area contributed by atoms with E-state index >= 15 is 0 Å². The van der Waals surface area contributed by atoms with E-state index < -0.39 is 35.0 Å². The van der Waals surface area contributed by atoms with Crippen molar-refractivity contribution in [2.75, 3.05) is 11.5 Å². The Labute approximate surface area is 212 Å². The molecule has 6 rings (SSSR count). The number of amides is 2. The van der Waals surface area contributed by atoms with E-state index in [1.165, 1.54) is 4.90 Å². The number of fused-ring (bicyclic) bond motifs is 6. The zero-order chi connectivity index (χ0) is 25.2. The lowest BCUT2D eigenvalue weighted by atomic mass is 9.66. The van der Waals surface area contributed by atoms with E-state index in [-0.39, 0.29) is 25.4 Å². The third-order valence-electron chi connectivity index (χ3n) is 7.84. The van der Waals surface area contributed by atoms with Crippen LogP contribution in [0.2, 0.25) is 5.15 Å². The number of carbonyl (C=O) groups is 2. The van der Waals surface area contributed by atoms with Gasteiger partial charge in [-0.1, -0.05) is 41.9 Å². The van der Waals surface area contributed by atoms with Crippen molar-refractivity contribution in [1.82, 2.24) is 4.98 Å². The minimum atomic E-state index is -1.19. The molecule has 2 amide bonds. The number of benzene rings is 2. The lowest BCUT2D eigenvalue weighted by Crippen LogP contribution is -2.49. The van der Waals surface area contributed by atoms with Crippen LogP contribution in [0.25, 0.3) is 10.8 Å². The molecular weight excluding hydrogens is 482 g/mol. The fraction of sp³-hybridized carbons (Fsp3) is 0.333. The highest BCUT2D eigenvalue weighted by Gasteiger charge is 2.77. The van der Waals surface area contributed by atoms with Gasteiger partial charge in [-0.2, -0.15) is 5.26 Å². The number of nitrogens with zero attached hydrogens (tertiary/aromatic N) is 3. The molecule has 8 nitrogen and oxygen atoms in total. The van der Waals surface area contributed by atoms with Crippen LogP contribution in [0, 0.1) is 23.2 Å². The van der Waals surface area contributed by atoms with Crippen molar-refractivity contribution in [3.63, 3.8) is 0 Å². The van der Waals surface area contributed by atoms with Gasteiger partial charge in [0.25, 0.3) is 0 Å². The number of anilines is 1. The lowest BCUT2D eigenvalue weighted by Gasteiger charge is -2.33. The van der Waals surface area contributed by atoms with Gasteiger partial charge in [0.1, 0.15) is 10.8 Å². The molecule has 36 heavy (non-hydrogen) atoms. The molecule has 2 bridgehead atoms. The summed E-state index contributed by atoms with van der Waals surface area (Å²) in [5, 5.41) is 22.1. The van der Waals surface area contributed by atoms with Crippen LogP contribution in [0.5, 0.6) is 5.88 Å².